The molecular formula is C7H17ClNO8P. The second kappa shape index (κ2) is 7.11. The lowest BCUT2D eigenvalue weighted by atomic mass is 9.95. The molecule has 7 N–H and O–H groups in total. The number of nitrogens with two attached hydrogens (primary N) is 1. The van der Waals surface area contributed by atoms with Crippen LogP contribution in [0, 0.1) is 0 Å². The minimum absolute atomic E-state index is 0. The van der Waals surface area contributed by atoms with Crippen LogP contribution in [0.2, 0.25) is 0 Å². The van der Waals surface area contributed by atoms with Gasteiger partial charge in [0.25, 0.3) is 0 Å². The largest absolute Gasteiger partial charge is 0.469 e. The summed E-state index contributed by atoms with van der Waals surface area (Å²) in [6, 6.07) is -0.781. The van der Waals surface area contributed by atoms with E-state index < -0.39 is 44.9 Å². The Morgan fingerprint density at radius 3 is 2.44 bits per heavy atom. The van der Waals surface area contributed by atoms with Crippen LogP contribution < -0.4 is 5.73 Å². The molecular weight excluding hydrogens is 293 g/mol. The first-order valence-electron chi connectivity index (χ1n) is 4.84. The van der Waals surface area contributed by atoms with Gasteiger partial charge in [-0.05, 0) is 0 Å². The second-order valence-electron chi connectivity index (χ2n) is 3.80. The molecule has 1 heterocycles. The summed E-state index contributed by atoms with van der Waals surface area (Å²) >= 11 is 0. The van der Waals surface area contributed by atoms with Gasteiger partial charge >= 0.3 is 7.82 Å². The number of hydrogen-bond donors (Lipinski definition) is 6. The van der Waals surface area contributed by atoms with E-state index >= 15 is 0 Å². The lowest BCUT2D eigenvalue weighted by Crippen LogP contribution is -2.60. The van der Waals surface area contributed by atoms with Crippen LogP contribution in [0.4, 0.5) is 0 Å². The molecule has 0 radical (unpaired) electrons. The summed E-state index contributed by atoms with van der Waals surface area (Å²) in [5.74, 6) is 0. The minimum Gasteiger partial charge on any atom is -0.389 e. The molecule has 0 aliphatic carbocycles. The van der Waals surface area contributed by atoms with Crippen molar-refractivity contribution in [3.05, 3.63) is 0 Å². The Balaban J connectivity index is 0.00000289. The Labute approximate surface area is 109 Å². The van der Waals surface area contributed by atoms with Gasteiger partial charge in [0, 0.05) is 0 Å². The zero-order chi connectivity index (χ0) is 13.2. The summed E-state index contributed by atoms with van der Waals surface area (Å²) in [4.78, 5) is 16.9. The first-order chi connectivity index (χ1) is 7.72. The highest BCUT2D eigenvalue weighted by atomic mass is 35.5. The first kappa shape index (κ1) is 18.2. The number of phosphoric acid groups is 1. The Morgan fingerprint density at radius 1 is 1.39 bits per heavy atom. The summed E-state index contributed by atoms with van der Waals surface area (Å²) < 4.78 is 19.5. The van der Waals surface area contributed by atoms with Crippen molar-refractivity contribution < 1.29 is 38.9 Å². The van der Waals surface area contributed by atoms with Crippen molar-refractivity contribution in [2.75, 3.05) is 13.2 Å². The second-order valence-corrected chi connectivity index (χ2v) is 5.04. The third-order valence-electron chi connectivity index (χ3n) is 2.40. The molecule has 0 unspecified atom stereocenters. The SMILES string of the molecule is Cl.N[C@H]1CO[C@H]([C@H](O)COP(=O)(O)O)[C@@H](O)[C@@H]1O. The molecule has 0 aromatic rings. The molecule has 18 heavy (non-hydrogen) atoms. The van der Waals surface area contributed by atoms with Crippen molar-refractivity contribution in [1.82, 2.24) is 0 Å². The lowest BCUT2D eigenvalue weighted by Gasteiger charge is -2.37. The fourth-order valence-corrected chi connectivity index (χ4v) is 1.82. The van der Waals surface area contributed by atoms with Crippen molar-refractivity contribution in [1.29, 1.82) is 0 Å². The van der Waals surface area contributed by atoms with Crippen molar-refractivity contribution >= 4 is 20.2 Å². The molecule has 0 aromatic heterocycles. The number of halogens is 1. The van der Waals surface area contributed by atoms with E-state index in [9.17, 15) is 19.9 Å². The van der Waals surface area contributed by atoms with Gasteiger partial charge in [-0.25, -0.2) is 4.57 Å². The van der Waals surface area contributed by atoms with Gasteiger partial charge in [0.1, 0.15) is 18.3 Å². The summed E-state index contributed by atoms with van der Waals surface area (Å²) in [6.45, 7) is -0.816. The van der Waals surface area contributed by atoms with Crippen molar-refractivity contribution in [3.63, 3.8) is 0 Å². The van der Waals surface area contributed by atoms with Crippen LogP contribution in [-0.2, 0) is 13.8 Å². The Bertz CT molecular complexity index is 301. The van der Waals surface area contributed by atoms with E-state index in [0.29, 0.717) is 0 Å². The number of hydrogen-bond acceptors (Lipinski definition) is 7. The molecule has 0 spiro atoms. The van der Waals surface area contributed by atoms with Crippen LogP contribution in [0.3, 0.4) is 0 Å². The first-order valence-corrected chi connectivity index (χ1v) is 6.37. The summed E-state index contributed by atoms with van der Waals surface area (Å²) in [5, 5.41) is 28.5. The van der Waals surface area contributed by atoms with E-state index in [1.807, 2.05) is 0 Å². The molecule has 1 fully saturated rings. The van der Waals surface area contributed by atoms with E-state index in [1.54, 1.807) is 0 Å². The topological polar surface area (TPSA) is 163 Å². The van der Waals surface area contributed by atoms with Gasteiger partial charge in [0.2, 0.25) is 0 Å². The van der Waals surface area contributed by atoms with Gasteiger partial charge in [-0.1, -0.05) is 0 Å². The zero-order valence-corrected chi connectivity index (χ0v) is 10.9. The van der Waals surface area contributed by atoms with Crippen LogP contribution in [0.15, 0.2) is 0 Å². The Kier molecular flexibility index (Phi) is 7.19. The lowest BCUT2D eigenvalue weighted by molar-refractivity contribution is -0.182. The van der Waals surface area contributed by atoms with Crippen LogP contribution in [0.5, 0.6) is 0 Å². The maximum absolute atomic E-state index is 10.4. The van der Waals surface area contributed by atoms with Gasteiger partial charge in [-0.3, -0.25) is 4.52 Å². The van der Waals surface area contributed by atoms with Gasteiger partial charge in [0.15, 0.2) is 0 Å². The number of ether oxygens (including phenoxy) is 1. The number of rotatable bonds is 4. The molecule has 9 nitrogen and oxygen atoms in total. The average molecular weight is 310 g/mol. The van der Waals surface area contributed by atoms with Crippen molar-refractivity contribution in [2.45, 2.75) is 30.5 Å². The molecule has 110 valence electrons. The predicted molar refractivity (Wildman–Crippen MR) is 61.0 cm³/mol. The summed E-state index contributed by atoms with van der Waals surface area (Å²) in [6.07, 6.45) is -5.43. The standard InChI is InChI=1S/C7H16NO8P.ClH/c8-3-1-15-7(6(11)5(3)10)4(9)2-16-17(12,13)14;/h3-7,9-11H,1-2,8H2,(H2,12,13,14);1H/t3-,4+,5+,6-,7+;/m0./s1. The average Bonchev–Trinajstić information content (AvgIpc) is 2.22. The minimum atomic E-state index is -4.70. The summed E-state index contributed by atoms with van der Waals surface area (Å²) in [5.41, 5.74) is 5.40. The Hall–Kier alpha value is 0.200. The van der Waals surface area contributed by atoms with Gasteiger partial charge in [-0.15, -0.1) is 12.4 Å². The van der Waals surface area contributed by atoms with E-state index in [0.717, 1.165) is 0 Å². The molecule has 1 saturated heterocycles. The number of aliphatic hydroxyl groups excluding tert-OH is 3. The monoisotopic (exact) mass is 309 g/mol. The molecule has 1 aliphatic heterocycles. The molecule has 1 rings (SSSR count). The molecule has 0 amide bonds. The maximum atomic E-state index is 10.4. The zero-order valence-electron chi connectivity index (χ0n) is 9.19. The molecule has 0 saturated carbocycles. The molecule has 1 aliphatic rings. The highest BCUT2D eigenvalue weighted by Gasteiger charge is 2.40. The smallest absolute Gasteiger partial charge is 0.389 e. The van der Waals surface area contributed by atoms with Gasteiger partial charge in [0.05, 0.1) is 25.4 Å². The third kappa shape index (κ3) is 5.06. The van der Waals surface area contributed by atoms with Crippen LogP contribution in [0.1, 0.15) is 0 Å². The summed E-state index contributed by atoms with van der Waals surface area (Å²) in [7, 11) is -4.70. The third-order valence-corrected chi connectivity index (χ3v) is 2.88. The van der Waals surface area contributed by atoms with E-state index in [-0.39, 0.29) is 19.0 Å². The van der Waals surface area contributed by atoms with E-state index in [1.165, 1.54) is 0 Å². The number of phosphoric ester groups is 1. The maximum Gasteiger partial charge on any atom is 0.469 e. The van der Waals surface area contributed by atoms with Crippen LogP contribution in [0.25, 0.3) is 0 Å². The fraction of sp³-hybridized carbons (Fsp3) is 1.00. The fourth-order valence-electron chi connectivity index (χ4n) is 1.47. The van der Waals surface area contributed by atoms with Gasteiger partial charge < -0.3 is 35.6 Å². The molecule has 0 aromatic carbocycles. The van der Waals surface area contributed by atoms with E-state index in [2.05, 4.69) is 4.52 Å². The molecule has 11 heteroatoms. The highest BCUT2D eigenvalue weighted by Crippen LogP contribution is 2.36. The highest BCUT2D eigenvalue weighted by molar-refractivity contribution is 7.46. The van der Waals surface area contributed by atoms with Crippen molar-refractivity contribution in [3.8, 4) is 0 Å². The van der Waals surface area contributed by atoms with Crippen LogP contribution in [-0.4, -0.2) is 68.8 Å². The number of aliphatic hydroxyl groups is 3. The van der Waals surface area contributed by atoms with E-state index in [4.69, 9.17) is 20.3 Å². The quantitative estimate of drug-likeness (QED) is 0.304. The predicted octanol–water partition coefficient (Wildman–Crippen LogP) is -2.67. The van der Waals surface area contributed by atoms with Crippen LogP contribution >= 0.6 is 20.2 Å². The molecule has 0 bridgehead atoms. The van der Waals surface area contributed by atoms with Gasteiger partial charge in [-0.2, -0.15) is 0 Å². The molecule has 5 atom stereocenters. The van der Waals surface area contributed by atoms with Crippen molar-refractivity contribution in [2.24, 2.45) is 5.73 Å². The normalized spacial score (nSPS) is 34.8. The Morgan fingerprint density at radius 2 is 1.94 bits per heavy atom.